The van der Waals surface area contributed by atoms with E-state index in [-0.39, 0.29) is 0 Å². The van der Waals surface area contributed by atoms with Crippen LogP contribution in [0.15, 0.2) is 35.5 Å². The van der Waals surface area contributed by atoms with E-state index < -0.39 is 0 Å². The van der Waals surface area contributed by atoms with Crippen molar-refractivity contribution < 1.29 is 0 Å². The van der Waals surface area contributed by atoms with E-state index in [9.17, 15) is 0 Å². The summed E-state index contributed by atoms with van der Waals surface area (Å²) in [5.41, 5.74) is 0.971. The molecule has 0 aliphatic carbocycles. The Bertz CT molecular complexity index is 717. The zero-order chi connectivity index (χ0) is 13.9. The second-order valence-electron chi connectivity index (χ2n) is 4.51. The van der Waals surface area contributed by atoms with E-state index in [4.69, 9.17) is 0 Å². The average Bonchev–Trinajstić information content (AvgIpc) is 3.03. The third kappa shape index (κ3) is 2.53. The Morgan fingerprint density at radius 3 is 3.00 bits per heavy atom. The molecule has 0 saturated heterocycles. The van der Waals surface area contributed by atoms with Crippen LogP contribution in [0.1, 0.15) is 12.2 Å². The average molecular weight is 335 g/mol. The molecular formula is C13H15BrN6. The number of aromatic nitrogens is 5. The Hall–Kier alpha value is -1.89. The number of hydrogen-bond donors (Lipinski definition) is 1. The van der Waals surface area contributed by atoms with E-state index in [0.29, 0.717) is 0 Å². The summed E-state index contributed by atoms with van der Waals surface area (Å²) in [6.07, 6.45) is 6.40. The van der Waals surface area contributed by atoms with Crippen LogP contribution in [0.2, 0.25) is 0 Å². The summed E-state index contributed by atoms with van der Waals surface area (Å²) in [6, 6.07) is 3.95. The molecule has 3 rings (SSSR count). The van der Waals surface area contributed by atoms with Gasteiger partial charge in [-0.05, 0) is 41.4 Å². The van der Waals surface area contributed by atoms with Crippen molar-refractivity contribution in [2.45, 2.75) is 19.9 Å². The lowest BCUT2D eigenvalue weighted by Crippen LogP contribution is -2.09. The highest BCUT2D eigenvalue weighted by molar-refractivity contribution is 9.10. The summed E-state index contributed by atoms with van der Waals surface area (Å²) in [7, 11) is 0. The maximum Gasteiger partial charge on any atom is 0.153 e. The standard InChI is InChI=1S/C13H15BrN6/c1-10-15-6-8-19(10)7-2-5-16-13-11-3-4-12(14)20(11)18-9-17-13/h3-4,6,8-9H,2,5,7H2,1H3,(H,16,17,18). The molecule has 3 heterocycles. The van der Waals surface area contributed by atoms with Gasteiger partial charge in [-0.1, -0.05) is 0 Å². The summed E-state index contributed by atoms with van der Waals surface area (Å²) < 4.78 is 4.88. The quantitative estimate of drug-likeness (QED) is 0.728. The Kier molecular flexibility index (Phi) is 3.68. The van der Waals surface area contributed by atoms with Gasteiger partial charge in [-0.25, -0.2) is 14.5 Å². The van der Waals surface area contributed by atoms with Gasteiger partial charge >= 0.3 is 0 Å². The van der Waals surface area contributed by atoms with Crippen molar-refractivity contribution in [3.63, 3.8) is 0 Å². The molecule has 0 unspecified atom stereocenters. The number of fused-ring (bicyclic) bond motifs is 1. The first-order valence-corrected chi connectivity index (χ1v) is 7.25. The molecule has 104 valence electrons. The number of aryl methyl sites for hydroxylation is 2. The van der Waals surface area contributed by atoms with E-state index in [1.54, 1.807) is 6.33 Å². The van der Waals surface area contributed by atoms with Gasteiger partial charge in [-0.3, -0.25) is 0 Å². The van der Waals surface area contributed by atoms with Crippen molar-refractivity contribution in [1.82, 2.24) is 24.1 Å². The number of nitrogens with one attached hydrogen (secondary N) is 1. The molecule has 0 radical (unpaired) electrons. The minimum atomic E-state index is 0.854. The molecule has 0 amide bonds. The maximum atomic E-state index is 4.29. The second-order valence-corrected chi connectivity index (χ2v) is 5.32. The first-order valence-electron chi connectivity index (χ1n) is 6.45. The highest BCUT2D eigenvalue weighted by atomic mass is 79.9. The molecule has 0 aliphatic heterocycles. The minimum absolute atomic E-state index is 0.854. The Morgan fingerprint density at radius 2 is 2.20 bits per heavy atom. The molecular weight excluding hydrogens is 320 g/mol. The van der Waals surface area contributed by atoms with Crippen molar-refractivity contribution in [2.24, 2.45) is 0 Å². The Labute approximate surface area is 125 Å². The third-order valence-electron chi connectivity index (χ3n) is 3.20. The number of rotatable bonds is 5. The summed E-state index contributed by atoms with van der Waals surface area (Å²) in [5.74, 6) is 1.90. The second kappa shape index (κ2) is 5.62. The molecule has 6 nitrogen and oxygen atoms in total. The number of nitrogens with zero attached hydrogens (tertiary/aromatic N) is 5. The van der Waals surface area contributed by atoms with E-state index >= 15 is 0 Å². The molecule has 3 aromatic heterocycles. The van der Waals surface area contributed by atoms with Crippen LogP contribution in [0, 0.1) is 6.92 Å². The Morgan fingerprint density at radius 1 is 1.30 bits per heavy atom. The molecule has 0 spiro atoms. The van der Waals surface area contributed by atoms with Gasteiger partial charge in [0.1, 0.15) is 22.3 Å². The van der Waals surface area contributed by atoms with Crippen LogP contribution < -0.4 is 5.32 Å². The van der Waals surface area contributed by atoms with Crippen molar-refractivity contribution in [1.29, 1.82) is 0 Å². The van der Waals surface area contributed by atoms with Gasteiger partial charge < -0.3 is 9.88 Å². The van der Waals surface area contributed by atoms with Crippen molar-refractivity contribution in [2.75, 3.05) is 11.9 Å². The fourth-order valence-corrected chi connectivity index (χ4v) is 2.55. The predicted molar refractivity (Wildman–Crippen MR) is 80.8 cm³/mol. The molecule has 0 fully saturated rings. The highest BCUT2D eigenvalue weighted by Gasteiger charge is 2.05. The summed E-state index contributed by atoms with van der Waals surface area (Å²) in [4.78, 5) is 8.50. The van der Waals surface area contributed by atoms with Gasteiger partial charge in [0.2, 0.25) is 0 Å². The van der Waals surface area contributed by atoms with E-state index in [2.05, 4.69) is 40.9 Å². The van der Waals surface area contributed by atoms with E-state index in [1.165, 1.54) is 0 Å². The first-order chi connectivity index (χ1) is 9.75. The molecule has 3 aromatic rings. The minimum Gasteiger partial charge on any atom is -0.368 e. The molecule has 0 atom stereocenters. The van der Waals surface area contributed by atoms with Crippen LogP contribution in [-0.4, -0.2) is 30.7 Å². The third-order valence-corrected chi connectivity index (χ3v) is 3.80. The zero-order valence-electron chi connectivity index (χ0n) is 11.1. The van der Waals surface area contributed by atoms with Crippen LogP contribution in [-0.2, 0) is 6.54 Å². The maximum absolute atomic E-state index is 4.29. The van der Waals surface area contributed by atoms with Crippen molar-refractivity contribution >= 4 is 27.3 Å². The number of halogens is 1. The number of imidazole rings is 1. The molecule has 1 N–H and O–H groups in total. The lowest BCUT2D eigenvalue weighted by atomic mass is 10.4. The van der Waals surface area contributed by atoms with Gasteiger partial charge in [0.15, 0.2) is 5.82 Å². The van der Waals surface area contributed by atoms with Crippen LogP contribution >= 0.6 is 15.9 Å². The summed E-state index contributed by atoms with van der Waals surface area (Å²) >= 11 is 3.45. The van der Waals surface area contributed by atoms with E-state index in [1.807, 2.05) is 36.0 Å². The molecule has 20 heavy (non-hydrogen) atoms. The molecule has 0 saturated carbocycles. The van der Waals surface area contributed by atoms with Crippen LogP contribution in [0.4, 0.5) is 5.82 Å². The van der Waals surface area contributed by atoms with E-state index in [0.717, 1.165) is 41.3 Å². The number of hydrogen-bond acceptors (Lipinski definition) is 4. The van der Waals surface area contributed by atoms with Crippen molar-refractivity contribution in [3.8, 4) is 0 Å². The monoisotopic (exact) mass is 334 g/mol. The van der Waals surface area contributed by atoms with Crippen LogP contribution in [0.5, 0.6) is 0 Å². The van der Waals surface area contributed by atoms with Gasteiger partial charge in [0, 0.05) is 25.5 Å². The molecule has 0 aromatic carbocycles. The predicted octanol–water partition coefficient (Wildman–Crippen LogP) is 2.50. The summed E-state index contributed by atoms with van der Waals surface area (Å²) in [6.45, 7) is 3.82. The topological polar surface area (TPSA) is 60.0 Å². The van der Waals surface area contributed by atoms with Gasteiger partial charge in [0.05, 0.1) is 0 Å². The lowest BCUT2D eigenvalue weighted by molar-refractivity contribution is 0.642. The SMILES string of the molecule is Cc1nccn1CCCNc1ncnn2c(Br)ccc12. The first kappa shape index (κ1) is 13.1. The molecule has 0 aliphatic rings. The Balaban J connectivity index is 1.61. The van der Waals surface area contributed by atoms with Crippen LogP contribution in [0.3, 0.4) is 0 Å². The largest absolute Gasteiger partial charge is 0.368 e. The van der Waals surface area contributed by atoms with Crippen LogP contribution in [0.25, 0.3) is 5.52 Å². The smallest absolute Gasteiger partial charge is 0.153 e. The zero-order valence-corrected chi connectivity index (χ0v) is 12.7. The van der Waals surface area contributed by atoms with Gasteiger partial charge in [-0.15, -0.1) is 0 Å². The normalized spacial score (nSPS) is 11.1. The molecule has 0 bridgehead atoms. The van der Waals surface area contributed by atoms with Gasteiger partial charge in [0.25, 0.3) is 0 Å². The highest BCUT2D eigenvalue weighted by Crippen LogP contribution is 2.19. The van der Waals surface area contributed by atoms with Gasteiger partial charge in [-0.2, -0.15) is 5.10 Å². The fraction of sp³-hybridized carbons (Fsp3) is 0.308. The molecule has 7 heteroatoms. The lowest BCUT2D eigenvalue weighted by Gasteiger charge is -2.08. The van der Waals surface area contributed by atoms with Crippen molar-refractivity contribution in [3.05, 3.63) is 41.3 Å². The number of anilines is 1. The fourth-order valence-electron chi connectivity index (χ4n) is 2.13. The summed E-state index contributed by atoms with van der Waals surface area (Å²) in [5, 5.41) is 7.54.